The molecule has 94 valence electrons. The van der Waals surface area contributed by atoms with Crippen LogP contribution >= 0.6 is 0 Å². The number of carbonyl (C=O) groups excluding carboxylic acids is 3. The highest BCUT2D eigenvalue weighted by Gasteiger charge is 2.30. The first-order chi connectivity index (χ1) is 8.56. The quantitative estimate of drug-likeness (QED) is 0.750. The molecule has 1 fully saturated rings. The summed E-state index contributed by atoms with van der Waals surface area (Å²) in [7, 11) is 0. The Balaban J connectivity index is 1.94. The molecule has 1 aromatic carbocycles. The Hall–Kier alpha value is -2.04. The third kappa shape index (κ3) is 2.80. The molecule has 1 aliphatic rings. The minimum Gasteiger partial charge on any atom is -0.297 e. The average molecular weight is 249 g/mol. The number of amides is 2. The van der Waals surface area contributed by atoms with Crippen molar-refractivity contribution >= 4 is 17.6 Å². The Bertz CT molecular complexity index is 479. The highest BCUT2D eigenvalue weighted by molar-refractivity contribution is 6.04. The number of likely N-dealkylation sites (tertiary alicyclic amines) is 1. The van der Waals surface area contributed by atoms with Crippen molar-refractivity contribution in [1.82, 2.24) is 4.90 Å². The number of carbonyl (C=O) groups is 3. The zero-order valence-electron chi connectivity index (χ0n) is 9.69. The Morgan fingerprint density at radius 1 is 1.11 bits per heavy atom. The van der Waals surface area contributed by atoms with Gasteiger partial charge in [0.05, 0.1) is 6.54 Å². The molecule has 1 heterocycles. The molecule has 2 amide bonds. The highest BCUT2D eigenvalue weighted by Crippen LogP contribution is 2.12. The maximum atomic E-state index is 12.7. The third-order valence-corrected chi connectivity index (χ3v) is 2.80. The number of benzene rings is 1. The predicted octanol–water partition coefficient (Wildman–Crippen LogP) is 1.09. The summed E-state index contributed by atoms with van der Waals surface area (Å²) in [5, 5.41) is 0. The third-order valence-electron chi connectivity index (χ3n) is 2.80. The van der Waals surface area contributed by atoms with Gasteiger partial charge in [-0.05, 0) is 17.7 Å². The van der Waals surface area contributed by atoms with E-state index in [-0.39, 0.29) is 49.2 Å². The molecule has 0 saturated carbocycles. The molecule has 0 bridgehead atoms. The number of nitrogens with zero attached hydrogens (tertiary/aromatic N) is 1. The minimum absolute atomic E-state index is 0.0946. The molecule has 5 heteroatoms. The van der Waals surface area contributed by atoms with Gasteiger partial charge >= 0.3 is 0 Å². The van der Waals surface area contributed by atoms with Crippen LogP contribution in [0.15, 0.2) is 24.3 Å². The van der Waals surface area contributed by atoms with Crippen LogP contribution in [0.1, 0.15) is 18.4 Å². The first kappa shape index (κ1) is 12.4. The van der Waals surface area contributed by atoms with E-state index in [1.165, 1.54) is 24.3 Å². The molecule has 0 spiro atoms. The van der Waals surface area contributed by atoms with E-state index < -0.39 is 0 Å². The summed E-state index contributed by atoms with van der Waals surface area (Å²) in [5.41, 5.74) is 0.667. The van der Waals surface area contributed by atoms with E-state index in [0.29, 0.717) is 5.56 Å². The smallest absolute Gasteiger partial charge is 0.230 e. The molecule has 0 unspecified atom stereocenters. The van der Waals surface area contributed by atoms with Gasteiger partial charge in [0.25, 0.3) is 0 Å². The van der Waals surface area contributed by atoms with E-state index in [1.54, 1.807) is 0 Å². The van der Waals surface area contributed by atoms with Gasteiger partial charge in [0.15, 0.2) is 5.78 Å². The average Bonchev–Trinajstić information content (AvgIpc) is 2.64. The molecule has 0 aromatic heterocycles. The second kappa shape index (κ2) is 5.08. The fourth-order valence-electron chi connectivity index (χ4n) is 1.86. The molecule has 18 heavy (non-hydrogen) atoms. The number of hydrogen-bond donors (Lipinski definition) is 0. The van der Waals surface area contributed by atoms with Crippen molar-refractivity contribution in [2.45, 2.75) is 19.3 Å². The van der Waals surface area contributed by atoms with E-state index >= 15 is 0 Å². The number of rotatable bonds is 4. The van der Waals surface area contributed by atoms with Crippen LogP contribution in [0.4, 0.5) is 4.39 Å². The lowest BCUT2D eigenvalue weighted by Crippen LogP contribution is -2.34. The maximum Gasteiger partial charge on any atom is 0.230 e. The molecule has 1 aromatic rings. The summed E-state index contributed by atoms with van der Waals surface area (Å²) < 4.78 is 12.7. The van der Waals surface area contributed by atoms with Crippen molar-refractivity contribution in [3.63, 3.8) is 0 Å². The van der Waals surface area contributed by atoms with Gasteiger partial charge in [0.2, 0.25) is 11.8 Å². The Morgan fingerprint density at radius 2 is 1.67 bits per heavy atom. The van der Waals surface area contributed by atoms with Crippen LogP contribution in [0.25, 0.3) is 0 Å². The number of halogens is 1. The molecule has 4 nitrogen and oxygen atoms in total. The molecule has 1 saturated heterocycles. The zero-order chi connectivity index (χ0) is 13.1. The largest absolute Gasteiger partial charge is 0.297 e. The van der Waals surface area contributed by atoms with E-state index in [2.05, 4.69) is 0 Å². The molecule has 0 radical (unpaired) electrons. The zero-order valence-corrected chi connectivity index (χ0v) is 9.69. The standard InChI is InChI=1S/C13H12FNO3/c14-10-3-1-9(2-4-10)7-11(16)8-15-12(17)5-6-13(15)18/h1-4H,5-8H2. The van der Waals surface area contributed by atoms with Crippen LogP contribution < -0.4 is 0 Å². The van der Waals surface area contributed by atoms with Crippen LogP contribution in [0.2, 0.25) is 0 Å². The van der Waals surface area contributed by atoms with E-state index in [1.807, 2.05) is 0 Å². The summed E-state index contributed by atoms with van der Waals surface area (Å²) in [6.07, 6.45) is 0.461. The summed E-state index contributed by atoms with van der Waals surface area (Å²) in [5.74, 6) is -1.19. The van der Waals surface area contributed by atoms with Gasteiger partial charge in [0, 0.05) is 19.3 Å². The van der Waals surface area contributed by atoms with Crippen LogP contribution in [-0.4, -0.2) is 29.0 Å². The molecule has 1 aliphatic heterocycles. The first-order valence-corrected chi connectivity index (χ1v) is 5.65. The Kier molecular flexibility index (Phi) is 3.50. The van der Waals surface area contributed by atoms with Crippen LogP contribution in [0.3, 0.4) is 0 Å². The second-order valence-electron chi connectivity index (χ2n) is 4.22. The van der Waals surface area contributed by atoms with Crippen molar-refractivity contribution in [2.75, 3.05) is 6.54 Å². The first-order valence-electron chi connectivity index (χ1n) is 5.65. The van der Waals surface area contributed by atoms with Crippen molar-refractivity contribution in [2.24, 2.45) is 0 Å². The fraction of sp³-hybridized carbons (Fsp3) is 0.308. The molecular formula is C13H12FNO3. The van der Waals surface area contributed by atoms with Gasteiger partial charge < -0.3 is 0 Å². The van der Waals surface area contributed by atoms with E-state index in [9.17, 15) is 18.8 Å². The normalized spacial score (nSPS) is 15.3. The lowest BCUT2D eigenvalue weighted by molar-refractivity contribution is -0.141. The number of ketones is 1. The van der Waals surface area contributed by atoms with Crippen LogP contribution in [-0.2, 0) is 20.8 Å². The summed E-state index contributed by atoms with van der Waals surface area (Å²) in [6, 6.07) is 5.57. The van der Waals surface area contributed by atoms with Crippen molar-refractivity contribution < 1.29 is 18.8 Å². The van der Waals surface area contributed by atoms with E-state index in [4.69, 9.17) is 0 Å². The fourth-order valence-corrected chi connectivity index (χ4v) is 1.86. The number of Topliss-reactive ketones (excluding diaryl/α,β-unsaturated/α-hetero) is 1. The monoisotopic (exact) mass is 249 g/mol. The summed E-state index contributed by atoms with van der Waals surface area (Å²) >= 11 is 0. The van der Waals surface area contributed by atoms with Crippen LogP contribution in [0, 0.1) is 5.82 Å². The number of hydrogen-bond acceptors (Lipinski definition) is 3. The van der Waals surface area contributed by atoms with Gasteiger partial charge in [-0.2, -0.15) is 0 Å². The minimum atomic E-state index is -0.365. The molecule has 0 atom stereocenters. The van der Waals surface area contributed by atoms with Crippen molar-refractivity contribution in [1.29, 1.82) is 0 Å². The topological polar surface area (TPSA) is 54.5 Å². The summed E-state index contributed by atoms with van der Waals surface area (Å²) in [6.45, 7) is -0.185. The SMILES string of the molecule is O=C(Cc1ccc(F)cc1)CN1C(=O)CCC1=O. The van der Waals surface area contributed by atoms with Gasteiger partial charge in [-0.15, -0.1) is 0 Å². The Morgan fingerprint density at radius 3 is 2.22 bits per heavy atom. The van der Waals surface area contributed by atoms with Gasteiger partial charge in [-0.3, -0.25) is 19.3 Å². The van der Waals surface area contributed by atoms with E-state index in [0.717, 1.165) is 4.90 Å². The molecule has 2 rings (SSSR count). The molecule has 0 N–H and O–H groups in total. The Labute approximate surface area is 103 Å². The molecule has 0 aliphatic carbocycles. The van der Waals surface area contributed by atoms with Crippen molar-refractivity contribution in [3.05, 3.63) is 35.6 Å². The van der Waals surface area contributed by atoms with Crippen LogP contribution in [0.5, 0.6) is 0 Å². The highest BCUT2D eigenvalue weighted by atomic mass is 19.1. The van der Waals surface area contributed by atoms with Gasteiger partial charge in [-0.1, -0.05) is 12.1 Å². The lowest BCUT2D eigenvalue weighted by atomic mass is 10.1. The second-order valence-corrected chi connectivity index (χ2v) is 4.22. The summed E-state index contributed by atoms with van der Waals surface area (Å²) in [4.78, 5) is 35.3. The van der Waals surface area contributed by atoms with Gasteiger partial charge in [-0.25, -0.2) is 4.39 Å². The lowest BCUT2D eigenvalue weighted by Gasteiger charge is -2.12. The predicted molar refractivity (Wildman–Crippen MR) is 61.1 cm³/mol. The van der Waals surface area contributed by atoms with Gasteiger partial charge in [0.1, 0.15) is 5.82 Å². The number of imide groups is 1. The maximum absolute atomic E-state index is 12.7. The van der Waals surface area contributed by atoms with Crippen molar-refractivity contribution in [3.8, 4) is 0 Å². The molecular weight excluding hydrogens is 237 g/mol.